The van der Waals surface area contributed by atoms with Crippen LogP contribution in [0.2, 0.25) is 0 Å². The highest BCUT2D eigenvalue weighted by Crippen LogP contribution is 2.35. The average Bonchev–Trinajstić information content (AvgIpc) is 2.94. The first-order chi connectivity index (χ1) is 11.2. The predicted molar refractivity (Wildman–Crippen MR) is 93.3 cm³/mol. The fraction of sp³-hybridized carbons (Fsp3) is 0.0526. The summed E-state index contributed by atoms with van der Waals surface area (Å²) in [6, 6.07) is 16.2. The Kier molecular flexibility index (Phi) is 3.08. The molecule has 2 aromatic carbocycles. The van der Waals surface area contributed by atoms with Gasteiger partial charge >= 0.3 is 0 Å². The minimum Gasteiger partial charge on any atom is -0.354 e. The number of para-hydroxylation sites is 2. The van der Waals surface area contributed by atoms with Crippen LogP contribution in [0.3, 0.4) is 0 Å². The van der Waals surface area contributed by atoms with Crippen LogP contribution in [0.25, 0.3) is 32.9 Å². The van der Waals surface area contributed by atoms with Gasteiger partial charge in [0.25, 0.3) is 0 Å². The third-order valence-corrected chi connectivity index (χ3v) is 3.96. The van der Waals surface area contributed by atoms with Gasteiger partial charge < -0.3 is 10.3 Å². The molecule has 0 radical (unpaired) electrons. The number of aromatic nitrogens is 2. The van der Waals surface area contributed by atoms with Gasteiger partial charge in [-0.2, -0.15) is 0 Å². The normalized spacial score (nSPS) is 11.0. The number of carbonyl (C=O) groups excluding carboxylic acids is 1. The first-order valence-corrected chi connectivity index (χ1v) is 7.45. The van der Waals surface area contributed by atoms with Gasteiger partial charge in [-0.15, -0.1) is 0 Å². The highest BCUT2D eigenvalue weighted by molar-refractivity contribution is 6.12. The smallest absolute Gasteiger partial charge is 0.221 e. The molecule has 23 heavy (non-hydrogen) atoms. The van der Waals surface area contributed by atoms with Crippen molar-refractivity contribution in [2.75, 3.05) is 5.32 Å². The van der Waals surface area contributed by atoms with Gasteiger partial charge in [0.15, 0.2) is 0 Å². The van der Waals surface area contributed by atoms with Gasteiger partial charge in [0.2, 0.25) is 5.91 Å². The summed E-state index contributed by atoms with van der Waals surface area (Å²) in [7, 11) is 0. The van der Waals surface area contributed by atoms with E-state index in [1.807, 2.05) is 30.3 Å². The zero-order chi connectivity index (χ0) is 15.8. The molecule has 4 rings (SSSR count). The van der Waals surface area contributed by atoms with E-state index in [1.165, 1.54) is 12.3 Å². The number of hydrogen-bond donors (Lipinski definition) is 2. The van der Waals surface area contributed by atoms with Gasteiger partial charge in [0, 0.05) is 46.7 Å². The summed E-state index contributed by atoms with van der Waals surface area (Å²) in [4.78, 5) is 19.2. The lowest BCUT2D eigenvalue weighted by molar-refractivity contribution is -0.114. The number of nitrogens with one attached hydrogen (secondary N) is 2. The van der Waals surface area contributed by atoms with E-state index in [0.717, 1.165) is 33.2 Å². The second-order valence-electron chi connectivity index (χ2n) is 5.50. The van der Waals surface area contributed by atoms with E-state index in [9.17, 15) is 4.79 Å². The van der Waals surface area contributed by atoms with Crippen LogP contribution in [0.4, 0.5) is 5.69 Å². The van der Waals surface area contributed by atoms with Crippen molar-refractivity contribution in [2.24, 2.45) is 0 Å². The number of H-pyrrole nitrogens is 1. The Labute approximate surface area is 133 Å². The van der Waals surface area contributed by atoms with Crippen molar-refractivity contribution in [3.05, 3.63) is 60.9 Å². The third-order valence-electron chi connectivity index (χ3n) is 3.96. The van der Waals surface area contributed by atoms with Crippen LogP contribution in [0, 0.1) is 0 Å². The lowest BCUT2D eigenvalue weighted by Gasteiger charge is -2.10. The number of hydrogen-bond acceptors (Lipinski definition) is 2. The Hall–Kier alpha value is -3.14. The quantitative estimate of drug-likeness (QED) is 0.578. The maximum Gasteiger partial charge on any atom is 0.221 e. The summed E-state index contributed by atoms with van der Waals surface area (Å²) in [5.74, 6) is -0.0960. The number of carbonyl (C=O) groups is 1. The zero-order valence-electron chi connectivity index (χ0n) is 12.6. The summed E-state index contributed by atoms with van der Waals surface area (Å²) in [6.07, 6.45) is 3.46. The molecule has 4 heteroatoms. The minimum absolute atomic E-state index is 0.0960. The maximum absolute atomic E-state index is 11.5. The van der Waals surface area contributed by atoms with E-state index in [0.29, 0.717) is 0 Å². The fourth-order valence-electron chi connectivity index (χ4n) is 3.01. The molecule has 0 atom stereocenters. The molecule has 1 amide bonds. The molecule has 0 unspecified atom stereocenters. The largest absolute Gasteiger partial charge is 0.354 e. The Balaban J connectivity index is 2.02. The number of nitrogens with zero attached hydrogens (tertiary/aromatic N) is 1. The summed E-state index contributed by atoms with van der Waals surface area (Å²) in [6.45, 7) is 1.51. The summed E-state index contributed by atoms with van der Waals surface area (Å²) < 4.78 is 0. The number of amides is 1. The van der Waals surface area contributed by atoms with Crippen LogP contribution in [-0.2, 0) is 4.79 Å². The number of aromatic amines is 1. The first kappa shape index (κ1) is 13.5. The molecule has 0 aliphatic heterocycles. The molecule has 4 nitrogen and oxygen atoms in total. The molecule has 2 heterocycles. The van der Waals surface area contributed by atoms with Crippen LogP contribution < -0.4 is 5.32 Å². The molecule has 0 aliphatic rings. The Morgan fingerprint density at radius 2 is 1.83 bits per heavy atom. The van der Waals surface area contributed by atoms with Crippen molar-refractivity contribution in [3.63, 3.8) is 0 Å². The molecule has 2 aromatic heterocycles. The molecular weight excluding hydrogens is 286 g/mol. The van der Waals surface area contributed by atoms with Crippen molar-refractivity contribution in [3.8, 4) is 11.1 Å². The van der Waals surface area contributed by atoms with Gasteiger partial charge in [0.05, 0.1) is 11.2 Å². The zero-order valence-corrected chi connectivity index (χ0v) is 12.6. The van der Waals surface area contributed by atoms with Crippen molar-refractivity contribution < 1.29 is 4.79 Å². The standard InChI is InChI=1S/C19H15N3O/c1-12(23)21-18-9-10-20-11-16(18)15-7-4-6-14-13-5-2-3-8-17(13)22-19(14)15/h2-11,22H,1H3,(H,20,21,23). The average molecular weight is 301 g/mol. The van der Waals surface area contributed by atoms with Crippen molar-refractivity contribution in [1.82, 2.24) is 9.97 Å². The molecule has 0 bridgehead atoms. The molecule has 0 saturated heterocycles. The van der Waals surface area contributed by atoms with Crippen LogP contribution in [0.15, 0.2) is 60.9 Å². The lowest BCUT2D eigenvalue weighted by atomic mass is 10.0. The number of fused-ring (bicyclic) bond motifs is 3. The number of rotatable bonds is 2. The first-order valence-electron chi connectivity index (χ1n) is 7.45. The van der Waals surface area contributed by atoms with Crippen LogP contribution >= 0.6 is 0 Å². The van der Waals surface area contributed by atoms with Gasteiger partial charge in [-0.25, -0.2) is 0 Å². The monoisotopic (exact) mass is 301 g/mol. The van der Waals surface area contributed by atoms with Gasteiger partial charge in [-0.05, 0) is 12.1 Å². The van der Waals surface area contributed by atoms with Gasteiger partial charge in [-0.3, -0.25) is 9.78 Å². The molecule has 0 spiro atoms. The van der Waals surface area contributed by atoms with Crippen molar-refractivity contribution >= 4 is 33.4 Å². The number of anilines is 1. The molecule has 4 aromatic rings. The topological polar surface area (TPSA) is 57.8 Å². The second-order valence-corrected chi connectivity index (χ2v) is 5.50. The van der Waals surface area contributed by atoms with Crippen LogP contribution in [0.1, 0.15) is 6.92 Å². The van der Waals surface area contributed by atoms with E-state index in [-0.39, 0.29) is 5.91 Å². The molecule has 2 N–H and O–H groups in total. The Morgan fingerprint density at radius 1 is 1.00 bits per heavy atom. The lowest BCUT2D eigenvalue weighted by Crippen LogP contribution is -2.07. The SMILES string of the molecule is CC(=O)Nc1ccncc1-c1cccc2c1[nH]c1ccccc12. The molecular formula is C19H15N3O. The van der Waals surface area contributed by atoms with E-state index in [4.69, 9.17) is 0 Å². The van der Waals surface area contributed by atoms with E-state index >= 15 is 0 Å². The fourth-order valence-corrected chi connectivity index (χ4v) is 3.01. The van der Waals surface area contributed by atoms with Crippen molar-refractivity contribution in [1.29, 1.82) is 0 Å². The van der Waals surface area contributed by atoms with E-state index in [1.54, 1.807) is 12.4 Å². The van der Waals surface area contributed by atoms with Gasteiger partial charge in [0.1, 0.15) is 0 Å². The number of benzene rings is 2. The highest BCUT2D eigenvalue weighted by Gasteiger charge is 2.12. The summed E-state index contributed by atoms with van der Waals surface area (Å²) in [5.41, 5.74) is 4.84. The van der Waals surface area contributed by atoms with E-state index < -0.39 is 0 Å². The third kappa shape index (κ3) is 2.25. The molecule has 0 aliphatic carbocycles. The summed E-state index contributed by atoms with van der Waals surface area (Å²) in [5, 5.41) is 5.23. The van der Waals surface area contributed by atoms with Crippen LogP contribution in [0.5, 0.6) is 0 Å². The molecule has 112 valence electrons. The maximum atomic E-state index is 11.5. The van der Waals surface area contributed by atoms with Crippen molar-refractivity contribution in [2.45, 2.75) is 6.92 Å². The predicted octanol–water partition coefficient (Wildman–Crippen LogP) is 4.34. The number of pyridine rings is 1. The highest BCUT2D eigenvalue weighted by atomic mass is 16.1. The Bertz CT molecular complexity index is 1030. The molecule has 0 fully saturated rings. The summed E-state index contributed by atoms with van der Waals surface area (Å²) >= 11 is 0. The Morgan fingerprint density at radius 3 is 2.70 bits per heavy atom. The minimum atomic E-state index is -0.0960. The van der Waals surface area contributed by atoms with Crippen LogP contribution in [-0.4, -0.2) is 15.9 Å². The van der Waals surface area contributed by atoms with Gasteiger partial charge in [-0.1, -0.05) is 36.4 Å². The molecule has 0 saturated carbocycles. The second kappa shape index (κ2) is 5.25. The van der Waals surface area contributed by atoms with E-state index in [2.05, 4.69) is 33.5 Å².